The largest absolute Gasteiger partial charge is 0.399 e. The maximum Gasteiger partial charge on any atom is 0.244 e. The van der Waals surface area contributed by atoms with Gasteiger partial charge in [0.25, 0.3) is 0 Å². The lowest BCUT2D eigenvalue weighted by Crippen LogP contribution is -2.56. The van der Waals surface area contributed by atoms with Gasteiger partial charge < -0.3 is 21.1 Å². The van der Waals surface area contributed by atoms with Crippen molar-refractivity contribution in [2.45, 2.75) is 10.4 Å². The molecule has 0 radical (unpaired) electrons. The van der Waals surface area contributed by atoms with E-state index in [-0.39, 0.29) is 5.69 Å². The second-order valence-electron chi connectivity index (χ2n) is 4.05. The molecule has 7 nitrogen and oxygen atoms in total. The van der Waals surface area contributed by atoms with Crippen LogP contribution in [0.4, 0.5) is 10.1 Å². The molecule has 1 rings (SSSR count). The Morgan fingerprint density at radius 2 is 1.74 bits per heavy atom. The zero-order chi connectivity index (χ0) is 14.7. The van der Waals surface area contributed by atoms with E-state index in [2.05, 4.69) is 0 Å². The van der Waals surface area contributed by atoms with Crippen molar-refractivity contribution in [3.63, 3.8) is 0 Å². The Kier molecular flexibility index (Phi) is 4.82. The number of aliphatic hydroxyl groups is 3. The number of hydrogen-bond acceptors (Lipinski definition) is 6. The Hall–Kier alpha value is -1.26. The minimum atomic E-state index is -4.36. The fourth-order valence-electron chi connectivity index (χ4n) is 1.32. The molecule has 1 aromatic carbocycles. The highest BCUT2D eigenvalue weighted by atomic mass is 32.2. The molecule has 1 aromatic rings. The SMILES string of the molecule is Nc1ccc(S(=O)(=O)NC(CO)(CO)CO)c(F)c1. The molecule has 0 saturated heterocycles. The van der Waals surface area contributed by atoms with Gasteiger partial charge in [0.1, 0.15) is 16.3 Å². The third-order valence-electron chi connectivity index (χ3n) is 2.50. The number of benzene rings is 1. The summed E-state index contributed by atoms with van der Waals surface area (Å²) in [5, 5.41) is 27.1. The molecular formula is C10H15FN2O5S. The predicted octanol–water partition coefficient (Wildman–Crippen LogP) is -1.60. The molecule has 0 aliphatic carbocycles. The van der Waals surface area contributed by atoms with Gasteiger partial charge in [-0.05, 0) is 18.2 Å². The van der Waals surface area contributed by atoms with Crippen LogP contribution in [0.5, 0.6) is 0 Å². The molecule has 0 heterocycles. The molecule has 0 aliphatic rings. The van der Waals surface area contributed by atoms with E-state index in [1.807, 2.05) is 4.72 Å². The fraction of sp³-hybridized carbons (Fsp3) is 0.400. The monoisotopic (exact) mass is 294 g/mol. The van der Waals surface area contributed by atoms with Gasteiger partial charge in [0, 0.05) is 5.69 Å². The van der Waals surface area contributed by atoms with Crippen molar-refractivity contribution in [3.8, 4) is 0 Å². The molecule has 6 N–H and O–H groups in total. The molecule has 0 aromatic heterocycles. The molecule has 108 valence electrons. The Morgan fingerprint density at radius 1 is 1.21 bits per heavy atom. The van der Waals surface area contributed by atoms with Crippen LogP contribution in [-0.2, 0) is 10.0 Å². The topological polar surface area (TPSA) is 133 Å². The number of hydrogen-bond donors (Lipinski definition) is 5. The molecule has 0 fully saturated rings. The van der Waals surface area contributed by atoms with Crippen LogP contribution in [0.15, 0.2) is 23.1 Å². The molecule has 0 aliphatic heterocycles. The highest BCUT2D eigenvalue weighted by Gasteiger charge is 2.34. The van der Waals surface area contributed by atoms with Crippen molar-refractivity contribution < 1.29 is 28.1 Å². The number of rotatable bonds is 6. The molecule has 0 atom stereocenters. The maximum absolute atomic E-state index is 13.5. The van der Waals surface area contributed by atoms with Crippen molar-refractivity contribution in [2.24, 2.45) is 0 Å². The van der Waals surface area contributed by atoms with Crippen LogP contribution in [0.3, 0.4) is 0 Å². The normalized spacial score (nSPS) is 12.6. The minimum absolute atomic E-state index is 0.0502. The summed E-state index contributed by atoms with van der Waals surface area (Å²) in [7, 11) is -4.36. The van der Waals surface area contributed by atoms with Crippen molar-refractivity contribution in [1.82, 2.24) is 4.72 Å². The fourth-order valence-corrected chi connectivity index (χ4v) is 2.76. The van der Waals surface area contributed by atoms with Gasteiger partial charge in [-0.25, -0.2) is 12.8 Å². The number of nitrogens with one attached hydrogen (secondary N) is 1. The average molecular weight is 294 g/mol. The summed E-state index contributed by atoms with van der Waals surface area (Å²) < 4.78 is 39.3. The first-order valence-electron chi connectivity index (χ1n) is 5.22. The van der Waals surface area contributed by atoms with Crippen molar-refractivity contribution in [2.75, 3.05) is 25.6 Å². The Morgan fingerprint density at radius 3 is 2.16 bits per heavy atom. The van der Waals surface area contributed by atoms with E-state index in [9.17, 15) is 12.8 Å². The summed E-state index contributed by atoms with van der Waals surface area (Å²) in [5.41, 5.74) is 3.48. The molecule has 0 amide bonds. The summed E-state index contributed by atoms with van der Waals surface area (Å²) in [6.07, 6.45) is 0. The molecule has 19 heavy (non-hydrogen) atoms. The van der Waals surface area contributed by atoms with Crippen molar-refractivity contribution >= 4 is 15.7 Å². The highest BCUT2D eigenvalue weighted by Crippen LogP contribution is 2.19. The van der Waals surface area contributed by atoms with Crippen molar-refractivity contribution in [1.29, 1.82) is 0 Å². The van der Waals surface area contributed by atoms with Crippen molar-refractivity contribution in [3.05, 3.63) is 24.0 Å². The number of anilines is 1. The summed E-state index contributed by atoms with van der Waals surface area (Å²) in [4.78, 5) is -0.693. The van der Waals surface area contributed by atoms with E-state index in [1.54, 1.807) is 0 Å². The van der Waals surface area contributed by atoms with Gasteiger partial charge in [0.2, 0.25) is 10.0 Å². The quantitative estimate of drug-likeness (QED) is 0.401. The number of nitrogens with two attached hydrogens (primary N) is 1. The molecule has 0 unspecified atom stereocenters. The second kappa shape index (κ2) is 5.80. The standard InChI is InChI=1S/C10H15FN2O5S/c11-8-3-7(12)1-2-9(8)19(17,18)13-10(4-14,5-15)6-16/h1-3,13-16H,4-6,12H2. The van der Waals surface area contributed by atoms with Gasteiger partial charge >= 0.3 is 0 Å². The highest BCUT2D eigenvalue weighted by molar-refractivity contribution is 7.89. The first kappa shape index (κ1) is 15.8. The Labute approximate surface area is 109 Å². The van der Waals surface area contributed by atoms with E-state index in [4.69, 9.17) is 21.1 Å². The second-order valence-corrected chi connectivity index (χ2v) is 5.70. The maximum atomic E-state index is 13.5. The van der Waals surface area contributed by atoms with E-state index < -0.39 is 46.1 Å². The van der Waals surface area contributed by atoms with Gasteiger partial charge in [-0.15, -0.1) is 0 Å². The zero-order valence-corrected chi connectivity index (χ0v) is 10.7. The van der Waals surface area contributed by atoms with E-state index in [0.29, 0.717) is 0 Å². The van der Waals surface area contributed by atoms with Crippen LogP contribution >= 0.6 is 0 Å². The molecule has 0 spiro atoms. The number of sulfonamides is 1. The molecule has 0 saturated carbocycles. The molecule has 9 heteroatoms. The van der Waals surface area contributed by atoms with Gasteiger partial charge in [-0.1, -0.05) is 0 Å². The Bertz CT molecular complexity index is 537. The summed E-state index contributed by atoms with van der Waals surface area (Å²) >= 11 is 0. The van der Waals surface area contributed by atoms with Crippen LogP contribution in [0.25, 0.3) is 0 Å². The van der Waals surface area contributed by atoms with Gasteiger partial charge in [0.05, 0.1) is 19.8 Å². The number of nitrogen functional groups attached to an aromatic ring is 1. The summed E-state index contributed by atoms with van der Waals surface area (Å²) in [6.45, 7) is -2.55. The van der Waals surface area contributed by atoms with E-state index >= 15 is 0 Å². The smallest absolute Gasteiger partial charge is 0.244 e. The number of halogens is 1. The number of aliphatic hydroxyl groups excluding tert-OH is 3. The van der Waals surface area contributed by atoms with Gasteiger partial charge in [-0.2, -0.15) is 4.72 Å². The van der Waals surface area contributed by atoms with Crippen LogP contribution in [-0.4, -0.2) is 49.1 Å². The lowest BCUT2D eigenvalue weighted by atomic mass is 10.1. The van der Waals surface area contributed by atoms with E-state index in [1.165, 1.54) is 6.07 Å². The Balaban J connectivity index is 3.17. The summed E-state index contributed by atoms with van der Waals surface area (Å²) in [5.74, 6) is -1.07. The van der Waals surface area contributed by atoms with Crippen LogP contribution in [0.1, 0.15) is 0 Å². The van der Waals surface area contributed by atoms with Crippen LogP contribution < -0.4 is 10.5 Å². The van der Waals surface area contributed by atoms with Gasteiger partial charge in [-0.3, -0.25) is 0 Å². The zero-order valence-electron chi connectivity index (χ0n) is 9.88. The first-order valence-corrected chi connectivity index (χ1v) is 6.70. The molecular weight excluding hydrogens is 279 g/mol. The summed E-state index contributed by atoms with van der Waals surface area (Å²) in [6, 6.07) is 2.97. The lowest BCUT2D eigenvalue weighted by Gasteiger charge is -2.28. The first-order chi connectivity index (χ1) is 8.80. The third kappa shape index (κ3) is 3.39. The molecule has 0 bridgehead atoms. The lowest BCUT2D eigenvalue weighted by molar-refractivity contribution is 0.0581. The van der Waals surface area contributed by atoms with E-state index in [0.717, 1.165) is 12.1 Å². The average Bonchev–Trinajstić information content (AvgIpc) is 2.35. The third-order valence-corrected chi connectivity index (χ3v) is 4.12. The van der Waals surface area contributed by atoms with Crippen LogP contribution in [0.2, 0.25) is 0 Å². The van der Waals surface area contributed by atoms with Crippen LogP contribution in [0, 0.1) is 5.82 Å². The van der Waals surface area contributed by atoms with Gasteiger partial charge in [0.15, 0.2) is 0 Å². The predicted molar refractivity (Wildman–Crippen MR) is 65.1 cm³/mol. The minimum Gasteiger partial charge on any atom is -0.399 e.